The zero-order valence-electron chi connectivity index (χ0n) is 12.4. The van der Waals surface area contributed by atoms with Gasteiger partial charge in [-0.2, -0.15) is 0 Å². The smallest absolute Gasteiger partial charge is 0.137 e. The summed E-state index contributed by atoms with van der Waals surface area (Å²) in [5, 5.41) is 3.48. The number of aromatic nitrogens is 1. The van der Waals surface area contributed by atoms with Gasteiger partial charge in [0.25, 0.3) is 0 Å². The lowest BCUT2D eigenvalue weighted by Gasteiger charge is -2.21. The van der Waals surface area contributed by atoms with Crippen molar-refractivity contribution in [2.75, 3.05) is 20.8 Å². The van der Waals surface area contributed by atoms with Gasteiger partial charge < -0.3 is 14.8 Å². The lowest BCUT2D eigenvalue weighted by molar-refractivity contribution is 0.411. The van der Waals surface area contributed by atoms with E-state index in [1.54, 1.807) is 20.4 Å². The van der Waals surface area contributed by atoms with E-state index in [1.165, 1.54) is 0 Å². The highest BCUT2D eigenvalue weighted by Gasteiger charge is 2.17. The number of benzene rings is 1. The van der Waals surface area contributed by atoms with Gasteiger partial charge >= 0.3 is 0 Å². The lowest BCUT2D eigenvalue weighted by atomic mass is 9.99. The molecule has 2 aromatic rings. The van der Waals surface area contributed by atoms with Crippen LogP contribution in [0.15, 0.2) is 41.1 Å². The van der Waals surface area contributed by atoms with Gasteiger partial charge in [-0.3, -0.25) is 4.98 Å². The normalized spacial score (nSPS) is 12.0. The van der Waals surface area contributed by atoms with Gasteiger partial charge in [0.15, 0.2) is 0 Å². The number of nitrogens with zero attached hydrogens (tertiary/aromatic N) is 1. The number of nitrogens with one attached hydrogen (secondary N) is 1. The quantitative estimate of drug-likeness (QED) is 0.864. The molecule has 0 saturated heterocycles. The number of hydrogen-bond acceptors (Lipinski definition) is 4. The Morgan fingerprint density at radius 3 is 2.57 bits per heavy atom. The zero-order valence-corrected chi connectivity index (χ0v) is 14.0. The van der Waals surface area contributed by atoms with Gasteiger partial charge in [0.2, 0.25) is 0 Å². The summed E-state index contributed by atoms with van der Waals surface area (Å²) in [6, 6.07) is 7.96. The molecule has 1 aromatic heterocycles. The molecule has 112 valence electrons. The van der Waals surface area contributed by atoms with Crippen molar-refractivity contribution in [1.29, 1.82) is 0 Å². The Morgan fingerprint density at radius 1 is 1.14 bits per heavy atom. The third kappa shape index (κ3) is 3.74. The third-order valence-corrected chi connectivity index (χ3v) is 3.95. The van der Waals surface area contributed by atoms with Gasteiger partial charge in [-0.15, -0.1) is 0 Å². The highest BCUT2D eigenvalue weighted by atomic mass is 79.9. The van der Waals surface area contributed by atoms with Crippen LogP contribution in [0.5, 0.6) is 11.5 Å². The van der Waals surface area contributed by atoms with Crippen molar-refractivity contribution in [1.82, 2.24) is 10.3 Å². The first kappa shape index (κ1) is 15.8. The maximum atomic E-state index is 5.33. The molecule has 1 atom stereocenters. The van der Waals surface area contributed by atoms with Gasteiger partial charge in [-0.1, -0.05) is 22.9 Å². The molecule has 0 fully saturated rings. The van der Waals surface area contributed by atoms with Crippen LogP contribution in [0.25, 0.3) is 0 Å². The summed E-state index contributed by atoms with van der Waals surface area (Å²) in [6.45, 7) is 2.92. The Kier molecular flexibility index (Phi) is 5.59. The van der Waals surface area contributed by atoms with Crippen LogP contribution in [0.1, 0.15) is 24.1 Å². The molecule has 1 unspecified atom stereocenters. The van der Waals surface area contributed by atoms with E-state index < -0.39 is 0 Å². The minimum Gasteiger partial charge on any atom is -0.497 e. The molecule has 0 saturated carbocycles. The molecular weight excluding hydrogens is 332 g/mol. The molecule has 0 radical (unpaired) electrons. The molecule has 0 amide bonds. The first-order valence-electron chi connectivity index (χ1n) is 6.75. The highest BCUT2D eigenvalue weighted by Crippen LogP contribution is 2.32. The number of methoxy groups -OCH3 is 2. The Bertz CT molecular complexity index is 605. The predicted molar refractivity (Wildman–Crippen MR) is 87.0 cm³/mol. The van der Waals surface area contributed by atoms with Crippen molar-refractivity contribution in [3.63, 3.8) is 0 Å². The summed E-state index contributed by atoms with van der Waals surface area (Å²) < 4.78 is 11.6. The monoisotopic (exact) mass is 350 g/mol. The summed E-state index contributed by atoms with van der Waals surface area (Å²) in [6.07, 6.45) is 3.55. The van der Waals surface area contributed by atoms with Gasteiger partial charge in [0, 0.05) is 10.7 Å². The summed E-state index contributed by atoms with van der Waals surface area (Å²) in [4.78, 5) is 4.24. The molecule has 0 aliphatic heterocycles. The van der Waals surface area contributed by atoms with E-state index in [9.17, 15) is 0 Å². The van der Waals surface area contributed by atoms with Crippen molar-refractivity contribution in [2.45, 2.75) is 13.0 Å². The van der Waals surface area contributed by atoms with Crippen molar-refractivity contribution in [2.24, 2.45) is 0 Å². The van der Waals surface area contributed by atoms with Crippen molar-refractivity contribution < 1.29 is 9.47 Å². The molecule has 0 aliphatic rings. The van der Waals surface area contributed by atoms with Crippen LogP contribution in [-0.2, 0) is 0 Å². The van der Waals surface area contributed by atoms with E-state index >= 15 is 0 Å². The Morgan fingerprint density at radius 2 is 1.90 bits per heavy atom. The average Bonchev–Trinajstić information content (AvgIpc) is 2.53. The second-order valence-electron chi connectivity index (χ2n) is 4.54. The van der Waals surface area contributed by atoms with Crippen LogP contribution < -0.4 is 14.8 Å². The number of rotatable bonds is 6. The molecule has 5 heteroatoms. The molecular formula is C16H19BrN2O2. The molecule has 4 nitrogen and oxygen atoms in total. The van der Waals surface area contributed by atoms with Gasteiger partial charge in [-0.25, -0.2) is 0 Å². The van der Waals surface area contributed by atoms with Gasteiger partial charge in [0.1, 0.15) is 11.5 Å². The van der Waals surface area contributed by atoms with Crippen LogP contribution in [-0.4, -0.2) is 25.7 Å². The van der Waals surface area contributed by atoms with Crippen molar-refractivity contribution in [3.05, 3.63) is 52.3 Å². The zero-order chi connectivity index (χ0) is 15.2. The molecule has 1 N–H and O–H groups in total. The molecule has 1 aromatic carbocycles. The minimum absolute atomic E-state index is 0.0158. The van der Waals surface area contributed by atoms with E-state index in [4.69, 9.17) is 9.47 Å². The van der Waals surface area contributed by atoms with Crippen molar-refractivity contribution in [3.8, 4) is 11.5 Å². The first-order chi connectivity index (χ1) is 10.2. The summed E-state index contributed by atoms with van der Waals surface area (Å²) in [5.41, 5.74) is 2.15. The van der Waals surface area contributed by atoms with E-state index in [0.717, 1.165) is 33.6 Å². The first-order valence-corrected chi connectivity index (χ1v) is 7.54. The predicted octanol–water partition coefficient (Wildman–Crippen LogP) is 3.56. The average molecular weight is 351 g/mol. The molecule has 2 rings (SSSR count). The maximum absolute atomic E-state index is 5.33. The minimum atomic E-state index is 0.0158. The lowest BCUT2D eigenvalue weighted by Crippen LogP contribution is -2.22. The Labute approximate surface area is 133 Å². The van der Waals surface area contributed by atoms with Crippen LogP contribution >= 0.6 is 15.9 Å². The molecule has 0 bridgehead atoms. The van der Waals surface area contributed by atoms with Crippen LogP contribution in [0.3, 0.4) is 0 Å². The highest BCUT2D eigenvalue weighted by molar-refractivity contribution is 9.10. The van der Waals surface area contributed by atoms with Gasteiger partial charge in [-0.05, 0) is 41.9 Å². The summed E-state index contributed by atoms with van der Waals surface area (Å²) >= 11 is 3.62. The van der Waals surface area contributed by atoms with Crippen LogP contribution in [0, 0.1) is 0 Å². The van der Waals surface area contributed by atoms with Crippen LogP contribution in [0.4, 0.5) is 0 Å². The fraction of sp³-hybridized carbons (Fsp3) is 0.312. The largest absolute Gasteiger partial charge is 0.497 e. The standard InChI is InChI=1S/C16H19BrN2O2/c1-4-19-16(11-7-13(21-3)10-18-9-11)14-8-12(20-2)5-6-15(14)17/h5-10,16,19H,4H2,1-3H3. The number of pyridine rings is 1. The second-order valence-corrected chi connectivity index (χ2v) is 5.39. The number of halogens is 1. The fourth-order valence-electron chi connectivity index (χ4n) is 2.19. The fourth-order valence-corrected chi connectivity index (χ4v) is 2.66. The van der Waals surface area contributed by atoms with E-state index in [0.29, 0.717) is 0 Å². The molecule has 1 heterocycles. The van der Waals surface area contributed by atoms with Crippen LogP contribution in [0.2, 0.25) is 0 Å². The van der Waals surface area contributed by atoms with E-state index in [1.807, 2.05) is 30.5 Å². The summed E-state index contributed by atoms with van der Waals surface area (Å²) in [7, 11) is 3.31. The van der Waals surface area contributed by atoms with E-state index in [2.05, 4.69) is 33.2 Å². The molecule has 0 spiro atoms. The van der Waals surface area contributed by atoms with E-state index in [-0.39, 0.29) is 6.04 Å². The summed E-state index contributed by atoms with van der Waals surface area (Å²) in [5.74, 6) is 1.57. The Balaban J connectivity index is 2.47. The third-order valence-electron chi connectivity index (χ3n) is 3.23. The Hall–Kier alpha value is -1.59. The topological polar surface area (TPSA) is 43.4 Å². The number of hydrogen-bond donors (Lipinski definition) is 1. The second kappa shape index (κ2) is 7.43. The number of ether oxygens (including phenoxy) is 2. The van der Waals surface area contributed by atoms with Gasteiger partial charge in [0.05, 0.1) is 26.5 Å². The molecule has 21 heavy (non-hydrogen) atoms. The SMILES string of the molecule is CCNC(c1cncc(OC)c1)c1cc(OC)ccc1Br. The maximum Gasteiger partial charge on any atom is 0.137 e. The van der Waals surface area contributed by atoms with Crippen molar-refractivity contribution >= 4 is 15.9 Å². The molecule has 0 aliphatic carbocycles.